The molecule has 2 aromatic carbocycles. The quantitative estimate of drug-likeness (QED) is 0.701. The Hall–Kier alpha value is -2.73. The number of para-hydroxylation sites is 2. The molecule has 0 radical (unpaired) electrons. The summed E-state index contributed by atoms with van der Waals surface area (Å²) < 4.78 is 0.898. The van der Waals surface area contributed by atoms with Crippen molar-refractivity contribution in [1.29, 1.82) is 0 Å². The fourth-order valence-corrected chi connectivity index (χ4v) is 2.74. The molecule has 0 aliphatic rings. The summed E-state index contributed by atoms with van der Waals surface area (Å²) in [5.74, 6) is 0.198. The number of hydrogen-bond acceptors (Lipinski definition) is 4. The first-order valence-electron chi connectivity index (χ1n) is 7.75. The maximum absolute atomic E-state index is 12.8. The number of hydrogen-bond donors (Lipinski definition) is 1. The molecular weight excluding hydrogens is 380 g/mol. The minimum Gasteiger partial charge on any atom is -0.323 e. The van der Waals surface area contributed by atoms with Crippen molar-refractivity contribution in [2.24, 2.45) is 0 Å². The molecule has 0 aliphatic carbocycles. The number of nitrogens with one attached hydrogen (secondary N) is 1. The molecule has 1 amide bonds. The van der Waals surface area contributed by atoms with Crippen LogP contribution in [0.4, 0.5) is 17.3 Å². The van der Waals surface area contributed by atoms with Gasteiger partial charge in [0.2, 0.25) is 5.95 Å². The molecule has 1 heterocycles. The molecule has 5 nitrogen and oxygen atoms in total. The van der Waals surface area contributed by atoms with Crippen molar-refractivity contribution in [3.05, 3.63) is 76.5 Å². The molecule has 0 spiro atoms. The van der Waals surface area contributed by atoms with E-state index in [1.165, 1.54) is 0 Å². The third-order valence-electron chi connectivity index (χ3n) is 3.64. The van der Waals surface area contributed by atoms with E-state index < -0.39 is 0 Å². The maximum atomic E-state index is 12.8. The van der Waals surface area contributed by atoms with Crippen molar-refractivity contribution in [1.82, 2.24) is 9.97 Å². The number of rotatable bonds is 4. The third kappa shape index (κ3) is 4.03. The number of aromatic nitrogens is 2. The van der Waals surface area contributed by atoms with Crippen LogP contribution in [0.2, 0.25) is 0 Å². The number of carbonyl (C=O) groups is 1. The van der Waals surface area contributed by atoms with Gasteiger partial charge < -0.3 is 10.2 Å². The van der Waals surface area contributed by atoms with E-state index in [2.05, 4.69) is 31.2 Å². The Labute approximate surface area is 154 Å². The molecule has 0 saturated heterocycles. The van der Waals surface area contributed by atoms with Gasteiger partial charge in [0.15, 0.2) is 0 Å². The second-order valence-corrected chi connectivity index (χ2v) is 6.38. The minimum atomic E-state index is -0.188. The van der Waals surface area contributed by atoms with E-state index in [1.807, 2.05) is 61.5 Å². The first-order chi connectivity index (χ1) is 12.0. The zero-order valence-electron chi connectivity index (χ0n) is 13.9. The van der Waals surface area contributed by atoms with Gasteiger partial charge in [-0.1, -0.05) is 30.3 Å². The van der Waals surface area contributed by atoms with Crippen LogP contribution in [-0.2, 0) is 0 Å². The van der Waals surface area contributed by atoms with Crippen LogP contribution >= 0.6 is 15.9 Å². The highest BCUT2D eigenvalue weighted by molar-refractivity contribution is 9.10. The molecule has 0 bridgehead atoms. The Balaban J connectivity index is 1.89. The lowest BCUT2D eigenvalue weighted by Crippen LogP contribution is -2.27. The molecule has 25 heavy (non-hydrogen) atoms. The highest BCUT2D eigenvalue weighted by Gasteiger charge is 2.17. The van der Waals surface area contributed by atoms with E-state index in [0.717, 1.165) is 21.5 Å². The van der Waals surface area contributed by atoms with Gasteiger partial charge in [-0.25, -0.2) is 9.97 Å². The van der Waals surface area contributed by atoms with Crippen LogP contribution < -0.4 is 10.2 Å². The average Bonchev–Trinajstić information content (AvgIpc) is 2.62. The average molecular weight is 397 g/mol. The number of aryl methyl sites for hydroxylation is 1. The van der Waals surface area contributed by atoms with Gasteiger partial charge in [-0.2, -0.15) is 0 Å². The highest BCUT2D eigenvalue weighted by Crippen LogP contribution is 2.24. The number of carbonyl (C=O) groups excluding carboxylic acids is 1. The lowest BCUT2D eigenvalue weighted by atomic mass is 10.2. The van der Waals surface area contributed by atoms with Crippen LogP contribution in [0, 0.1) is 6.92 Å². The van der Waals surface area contributed by atoms with Gasteiger partial charge in [0.05, 0.1) is 5.69 Å². The predicted octanol–water partition coefficient (Wildman–Crippen LogP) is 4.57. The number of amides is 1. The molecule has 3 rings (SSSR count). The molecule has 0 aliphatic heterocycles. The van der Waals surface area contributed by atoms with Gasteiger partial charge in [0, 0.05) is 22.9 Å². The molecule has 3 aromatic rings. The highest BCUT2D eigenvalue weighted by atomic mass is 79.9. The van der Waals surface area contributed by atoms with Gasteiger partial charge in [-0.15, -0.1) is 0 Å². The van der Waals surface area contributed by atoms with Crippen molar-refractivity contribution < 1.29 is 4.79 Å². The van der Waals surface area contributed by atoms with E-state index >= 15 is 0 Å². The van der Waals surface area contributed by atoms with Gasteiger partial charge in [0.25, 0.3) is 5.91 Å². The first kappa shape index (κ1) is 17.1. The molecular formula is C19H17BrN4O. The number of halogens is 1. The van der Waals surface area contributed by atoms with Crippen LogP contribution in [0.1, 0.15) is 16.2 Å². The summed E-state index contributed by atoms with van der Waals surface area (Å²) in [6.45, 7) is 1.84. The van der Waals surface area contributed by atoms with Gasteiger partial charge in [0.1, 0.15) is 5.69 Å². The van der Waals surface area contributed by atoms with E-state index in [1.54, 1.807) is 18.0 Å². The Morgan fingerprint density at radius 2 is 1.72 bits per heavy atom. The van der Waals surface area contributed by atoms with Crippen LogP contribution in [-0.4, -0.2) is 22.9 Å². The summed E-state index contributed by atoms with van der Waals surface area (Å²) in [5, 5.41) is 3.15. The minimum absolute atomic E-state index is 0.188. The zero-order chi connectivity index (χ0) is 17.8. The lowest BCUT2D eigenvalue weighted by Gasteiger charge is -2.17. The molecule has 6 heteroatoms. The topological polar surface area (TPSA) is 58.1 Å². The summed E-state index contributed by atoms with van der Waals surface area (Å²) in [5.41, 5.74) is 2.70. The standard InChI is InChI=1S/C19H17BrN4O/c1-13-12-17(18(25)24(2)14-8-4-3-5-9-14)23-19(21-13)22-16-11-7-6-10-15(16)20/h3-12H,1-2H3,(H,21,22,23). The Bertz CT molecular complexity index is 899. The normalized spacial score (nSPS) is 10.4. The number of nitrogens with zero attached hydrogens (tertiary/aromatic N) is 3. The number of anilines is 3. The SMILES string of the molecule is Cc1cc(C(=O)N(C)c2ccccc2)nc(Nc2ccccc2Br)n1. The maximum Gasteiger partial charge on any atom is 0.276 e. The van der Waals surface area contributed by atoms with E-state index in [9.17, 15) is 4.79 Å². The fourth-order valence-electron chi connectivity index (χ4n) is 2.36. The smallest absolute Gasteiger partial charge is 0.276 e. The molecule has 0 atom stereocenters. The third-order valence-corrected chi connectivity index (χ3v) is 4.33. The summed E-state index contributed by atoms with van der Waals surface area (Å²) in [6.07, 6.45) is 0. The Kier molecular flexibility index (Phi) is 5.09. The predicted molar refractivity (Wildman–Crippen MR) is 103 cm³/mol. The van der Waals surface area contributed by atoms with Crippen LogP contribution in [0.15, 0.2) is 65.1 Å². The molecule has 0 fully saturated rings. The van der Waals surface area contributed by atoms with Crippen molar-refractivity contribution in [3.8, 4) is 0 Å². The van der Waals surface area contributed by atoms with Crippen molar-refractivity contribution in [2.75, 3.05) is 17.3 Å². The van der Waals surface area contributed by atoms with Crippen molar-refractivity contribution >= 4 is 39.2 Å². The van der Waals surface area contributed by atoms with Gasteiger partial charge >= 0.3 is 0 Å². The van der Waals surface area contributed by atoms with Crippen LogP contribution in [0.5, 0.6) is 0 Å². The van der Waals surface area contributed by atoms with E-state index in [-0.39, 0.29) is 5.91 Å². The summed E-state index contributed by atoms with van der Waals surface area (Å²) in [6, 6.07) is 18.8. The second kappa shape index (κ2) is 7.44. The van der Waals surface area contributed by atoms with Gasteiger partial charge in [-0.3, -0.25) is 4.79 Å². The zero-order valence-corrected chi connectivity index (χ0v) is 15.5. The first-order valence-corrected chi connectivity index (χ1v) is 8.54. The Morgan fingerprint density at radius 3 is 2.44 bits per heavy atom. The molecule has 126 valence electrons. The molecule has 1 aromatic heterocycles. The summed E-state index contributed by atoms with van der Waals surface area (Å²) >= 11 is 3.48. The fraction of sp³-hybridized carbons (Fsp3) is 0.105. The Morgan fingerprint density at radius 1 is 1.04 bits per heavy atom. The van der Waals surface area contributed by atoms with E-state index in [4.69, 9.17) is 0 Å². The number of benzene rings is 2. The van der Waals surface area contributed by atoms with Crippen molar-refractivity contribution in [3.63, 3.8) is 0 Å². The molecule has 0 unspecified atom stereocenters. The molecule has 1 N–H and O–H groups in total. The van der Waals surface area contributed by atoms with Gasteiger partial charge in [-0.05, 0) is 53.2 Å². The monoisotopic (exact) mass is 396 g/mol. The van der Waals surface area contributed by atoms with E-state index in [0.29, 0.717) is 11.6 Å². The lowest BCUT2D eigenvalue weighted by molar-refractivity contribution is 0.0988. The summed E-state index contributed by atoms with van der Waals surface area (Å²) in [7, 11) is 1.73. The van der Waals surface area contributed by atoms with Crippen LogP contribution in [0.3, 0.4) is 0 Å². The molecule has 0 saturated carbocycles. The largest absolute Gasteiger partial charge is 0.323 e. The van der Waals surface area contributed by atoms with Crippen molar-refractivity contribution in [2.45, 2.75) is 6.92 Å². The van der Waals surface area contributed by atoms with Crippen LogP contribution in [0.25, 0.3) is 0 Å². The summed E-state index contributed by atoms with van der Waals surface area (Å²) in [4.78, 5) is 23.1. The second-order valence-electron chi connectivity index (χ2n) is 5.52.